The highest BCUT2D eigenvalue weighted by molar-refractivity contribution is 7.90. The molecule has 1 aromatic rings. The Morgan fingerprint density at radius 2 is 1.86 bits per heavy atom. The van der Waals surface area contributed by atoms with Gasteiger partial charge in [-0.3, -0.25) is 4.79 Å². The molecule has 0 saturated heterocycles. The maximum atomic E-state index is 11.8. The van der Waals surface area contributed by atoms with Gasteiger partial charge < -0.3 is 10.1 Å². The van der Waals surface area contributed by atoms with Gasteiger partial charge in [0.15, 0.2) is 16.4 Å². The summed E-state index contributed by atoms with van der Waals surface area (Å²) in [6.45, 7) is 4.05. The highest BCUT2D eigenvalue weighted by atomic mass is 32.2. The number of ether oxygens (including phenoxy) is 1. The third kappa shape index (κ3) is 6.93. The maximum absolute atomic E-state index is 11.8. The molecule has 1 aromatic carbocycles. The number of sulfone groups is 1. The molecule has 1 rings (SSSR count). The van der Waals surface area contributed by atoms with Crippen LogP contribution in [0.2, 0.25) is 0 Å². The Labute approximate surface area is 133 Å². The van der Waals surface area contributed by atoms with Crippen molar-refractivity contribution in [2.45, 2.75) is 50.5 Å². The lowest BCUT2D eigenvalue weighted by molar-refractivity contribution is -0.123. The molecule has 22 heavy (non-hydrogen) atoms. The van der Waals surface area contributed by atoms with Gasteiger partial charge in [0.25, 0.3) is 5.91 Å². The number of hydrogen-bond acceptors (Lipinski definition) is 4. The average molecular weight is 327 g/mol. The van der Waals surface area contributed by atoms with Crippen LogP contribution < -0.4 is 10.1 Å². The molecule has 5 nitrogen and oxygen atoms in total. The van der Waals surface area contributed by atoms with Crippen LogP contribution in [0.25, 0.3) is 0 Å². The first-order valence-electron chi connectivity index (χ1n) is 7.55. The molecule has 6 heteroatoms. The first kappa shape index (κ1) is 18.5. The summed E-state index contributed by atoms with van der Waals surface area (Å²) in [6.07, 6.45) is 5.54. The summed E-state index contributed by atoms with van der Waals surface area (Å²) in [5, 5.41) is 2.88. The number of carbonyl (C=O) groups excluding carboxylic acids is 1. The van der Waals surface area contributed by atoms with Crippen LogP contribution in [0.4, 0.5) is 0 Å². The zero-order chi connectivity index (χ0) is 16.6. The van der Waals surface area contributed by atoms with Gasteiger partial charge in [-0.2, -0.15) is 0 Å². The van der Waals surface area contributed by atoms with Crippen LogP contribution >= 0.6 is 0 Å². The van der Waals surface area contributed by atoms with Crippen molar-refractivity contribution in [3.63, 3.8) is 0 Å². The Bertz CT molecular complexity index is 566. The molecule has 1 amide bonds. The van der Waals surface area contributed by atoms with Crippen LogP contribution in [0.15, 0.2) is 29.2 Å². The fraction of sp³-hybridized carbons (Fsp3) is 0.562. The van der Waals surface area contributed by atoms with Gasteiger partial charge in [0, 0.05) is 12.3 Å². The largest absolute Gasteiger partial charge is 0.484 e. The van der Waals surface area contributed by atoms with Gasteiger partial charge in [-0.1, -0.05) is 26.2 Å². The van der Waals surface area contributed by atoms with E-state index in [1.165, 1.54) is 18.6 Å². The zero-order valence-corrected chi connectivity index (χ0v) is 14.3. The van der Waals surface area contributed by atoms with Gasteiger partial charge in [-0.05, 0) is 37.6 Å². The second-order valence-electron chi connectivity index (χ2n) is 5.50. The summed E-state index contributed by atoms with van der Waals surface area (Å²) in [5.41, 5.74) is 0. The van der Waals surface area contributed by atoms with E-state index in [2.05, 4.69) is 12.2 Å². The van der Waals surface area contributed by atoms with Crippen molar-refractivity contribution in [3.05, 3.63) is 24.3 Å². The molecule has 0 aliphatic heterocycles. The summed E-state index contributed by atoms with van der Waals surface area (Å²) in [4.78, 5) is 12.0. The van der Waals surface area contributed by atoms with Crippen molar-refractivity contribution in [1.82, 2.24) is 5.32 Å². The van der Waals surface area contributed by atoms with E-state index in [0.717, 1.165) is 25.5 Å². The zero-order valence-electron chi connectivity index (χ0n) is 13.5. The fourth-order valence-corrected chi connectivity index (χ4v) is 2.65. The molecule has 124 valence electrons. The van der Waals surface area contributed by atoms with Gasteiger partial charge >= 0.3 is 0 Å². The first-order chi connectivity index (χ1) is 10.3. The molecule has 0 spiro atoms. The standard InChI is InChI=1S/C16H25NO4S/c1-4-5-6-7-13(2)17-16(18)12-21-14-8-10-15(11-9-14)22(3,19)20/h8-11,13H,4-7,12H2,1-3H3,(H,17,18). The Morgan fingerprint density at radius 1 is 1.23 bits per heavy atom. The van der Waals surface area contributed by atoms with Gasteiger partial charge in [-0.25, -0.2) is 8.42 Å². The monoisotopic (exact) mass is 327 g/mol. The fourth-order valence-electron chi connectivity index (χ4n) is 2.02. The molecule has 0 radical (unpaired) electrons. The van der Waals surface area contributed by atoms with Crippen LogP contribution in [0.3, 0.4) is 0 Å². The van der Waals surface area contributed by atoms with E-state index >= 15 is 0 Å². The third-order valence-corrected chi connectivity index (χ3v) is 4.40. The van der Waals surface area contributed by atoms with Crippen molar-refractivity contribution in [3.8, 4) is 5.75 Å². The van der Waals surface area contributed by atoms with Crippen molar-refractivity contribution < 1.29 is 17.9 Å². The molecule has 0 aromatic heterocycles. The summed E-state index contributed by atoms with van der Waals surface area (Å²) in [5.74, 6) is 0.303. The van der Waals surface area contributed by atoms with Crippen molar-refractivity contribution in [2.24, 2.45) is 0 Å². The van der Waals surface area contributed by atoms with Crippen molar-refractivity contribution >= 4 is 15.7 Å². The van der Waals surface area contributed by atoms with Crippen LogP contribution in [0, 0.1) is 0 Å². The van der Waals surface area contributed by atoms with Crippen LogP contribution in [-0.2, 0) is 14.6 Å². The van der Waals surface area contributed by atoms with Gasteiger partial charge in [-0.15, -0.1) is 0 Å². The molecule has 1 N–H and O–H groups in total. The van der Waals surface area contributed by atoms with E-state index in [9.17, 15) is 13.2 Å². The number of nitrogens with one attached hydrogen (secondary N) is 1. The summed E-state index contributed by atoms with van der Waals surface area (Å²) in [7, 11) is -3.21. The number of hydrogen-bond donors (Lipinski definition) is 1. The molecular weight excluding hydrogens is 302 g/mol. The van der Waals surface area contributed by atoms with Crippen LogP contribution in [0.5, 0.6) is 5.75 Å². The topological polar surface area (TPSA) is 72.5 Å². The molecular formula is C16H25NO4S. The smallest absolute Gasteiger partial charge is 0.258 e. The predicted octanol–water partition coefficient (Wildman–Crippen LogP) is 2.55. The summed E-state index contributed by atoms with van der Waals surface area (Å²) < 4.78 is 28.0. The number of unbranched alkanes of at least 4 members (excludes halogenated alkanes) is 2. The second kappa shape index (κ2) is 8.78. The highest BCUT2D eigenvalue weighted by Gasteiger charge is 2.09. The van der Waals surface area contributed by atoms with E-state index in [1.54, 1.807) is 12.1 Å². The van der Waals surface area contributed by atoms with Gasteiger partial charge in [0.05, 0.1) is 4.90 Å². The molecule has 0 bridgehead atoms. The van der Waals surface area contributed by atoms with Crippen LogP contribution in [0.1, 0.15) is 39.5 Å². The molecule has 0 saturated carbocycles. The molecule has 0 aliphatic rings. The minimum atomic E-state index is -3.21. The lowest BCUT2D eigenvalue weighted by atomic mass is 10.1. The first-order valence-corrected chi connectivity index (χ1v) is 9.44. The van der Waals surface area contributed by atoms with Gasteiger partial charge in [0.2, 0.25) is 0 Å². The predicted molar refractivity (Wildman–Crippen MR) is 86.8 cm³/mol. The Balaban J connectivity index is 2.38. The number of carbonyl (C=O) groups is 1. The molecule has 0 aliphatic carbocycles. The molecule has 1 atom stereocenters. The lowest BCUT2D eigenvalue weighted by Crippen LogP contribution is -2.36. The maximum Gasteiger partial charge on any atom is 0.258 e. The molecule has 1 unspecified atom stereocenters. The summed E-state index contributed by atoms with van der Waals surface area (Å²) >= 11 is 0. The second-order valence-corrected chi connectivity index (χ2v) is 7.51. The quantitative estimate of drug-likeness (QED) is 0.708. The molecule has 0 heterocycles. The van der Waals surface area contributed by atoms with Gasteiger partial charge in [0.1, 0.15) is 5.75 Å². The van der Waals surface area contributed by atoms with Crippen molar-refractivity contribution in [2.75, 3.05) is 12.9 Å². The van der Waals surface area contributed by atoms with E-state index in [1.807, 2.05) is 6.92 Å². The minimum absolute atomic E-state index is 0.0731. The Kier molecular flexibility index (Phi) is 7.38. The number of rotatable bonds is 9. The molecule has 0 fully saturated rings. The van der Waals surface area contributed by atoms with E-state index < -0.39 is 9.84 Å². The average Bonchev–Trinajstić information content (AvgIpc) is 2.45. The highest BCUT2D eigenvalue weighted by Crippen LogP contribution is 2.15. The summed E-state index contributed by atoms with van der Waals surface area (Å²) in [6, 6.07) is 6.17. The SMILES string of the molecule is CCCCCC(C)NC(=O)COc1ccc(S(C)(=O)=O)cc1. The van der Waals surface area contributed by atoms with E-state index in [4.69, 9.17) is 4.74 Å². The van der Waals surface area contributed by atoms with E-state index in [0.29, 0.717) is 5.75 Å². The lowest BCUT2D eigenvalue weighted by Gasteiger charge is -2.14. The number of benzene rings is 1. The Morgan fingerprint density at radius 3 is 2.41 bits per heavy atom. The van der Waals surface area contributed by atoms with Crippen molar-refractivity contribution in [1.29, 1.82) is 0 Å². The third-order valence-electron chi connectivity index (χ3n) is 3.27. The van der Waals surface area contributed by atoms with E-state index in [-0.39, 0.29) is 23.5 Å². The normalized spacial score (nSPS) is 12.7. The van der Waals surface area contributed by atoms with Crippen LogP contribution in [-0.4, -0.2) is 33.2 Å². The minimum Gasteiger partial charge on any atom is -0.484 e. The number of amides is 1. The Hall–Kier alpha value is -1.56.